The Labute approximate surface area is 202 Å². The van der Waals surface area contributed by atoms with E-state index in [9.17, 15) is 10.2 Å². The Hall–Kier alpha value is -0.380. The van der Waals surface area contributed by atoms with Gasteiger partial charge in [-0.1, -0.05) is 53.2 Å². The second kappa shape index (κ2) is 7.32. The van der Waals surface area contributed by atoms with E-state index in [4.69, 9.17) is 4.74 Å². The molecule has 33 heavy (non-hydrogen) atoms. The normalized spacial score (nSPS) is 51.6. The Kier molecular flexibility index (Phi) is 5.40. The maximum atomic E-state index is 10.9. The number of fused-ring (bicyclic) bond motifs is 5. The second-order valence-corrected chi connectivity index (χ2v) is 14.7. The van der Waals surface area contributed by atoms with Crippen molar-refractivity contribution in [3.05, 3.63) is 11.6 Å². The lowest BCUT2D eigenvalue weighted by molar-refractivity contribution is -0.131. The number of allylic oxidation sites excluding steroid dienone is 2. The minimum absolute atomic E-state index is 0.00178. The summed E-state index contributed by atoms with van der Waals surface area (Å²) in [7, 11) is 0. The summed E-state index contributed by atoms with van der Waals surface area (Å²) < 4.78 is 5.76. The summed E-state index contributed by atoms with van der Waals surface area (Å²) in [5, 5.41) is 21.7. The maximum Gasteiger partial charge on any atom is 0.113 e. The molecule has 0 aromatic rings. The van der Waals surface area contributed by atoms with Crippen LogP contribution in [0.15, 0.2) is 11.6 Å². The van der Waals surface area contributed by atoms with Crippen LogP contribution in [0.5, 0.6) is 0 Å². The molecule has 0 aromatic carbocycles. The first-order valence-electron chi connectivity index (χ1n) is 13.9. The van der Waals surface area contributed by atoms with Crippen LogP contribution in [-0.4, -0.2) is 34.1 Å². The van der Waals surface area contributed by atoms with E-state index in [1.807, 2.05) is 0 Å². The summed E-state index contributed by atoms with van der Waals surface area (Å²) in [5.41, 5.74) is 2.50. The molecule has 3 nitrogen and oxygen atoms in total. The van der Waals surface area contributed by atoms with Crippen molar-refractivity contribution >= 4 is 0 Å². The summed E-state index contributed by atoms with van der Waals surface area (Å²) in [6.07, 6.45) is 11.4. The highest BCUT2D eigenvalue weighted by atomic mass is 16.6. The quantitative estimate of drug-likeness (QED) is 0.372. The van der Waals surface area contributed by atoms with Crippen molar-refractivity contribution in [3.8, 4) is 0 Å². The van der Waals surface area contributed by atoms with Gasteiger partial charge < -0.3 is 14.9 Å². The first kappa shape index (κ1) is 24.3. The first-order chi connectivity index (χ1) is 15.2. The van der Waals surface area contributed by atoms with Crippen molar-refractivity contribution in [1.29, 1.82) is 0 Å². The molecule has 0 spiro atoms. The molecule has 0 radical (unpaired) electrons. The van der Waals surface area contributed by atoms with Crippen LogP contribution >= 0.6 is 0 Å². The maximum absolute atomic E-state index is 10.9. The third-order valence-electron chi connectivity index (χ3n) is 12.6. The molecule has 5 aliphatic rings. The largest absolute Gasteiger partial charge is 0.393 e. The molecule has 3 heteroatoms. The zero-order chi connectivity index (χ0) is 24.2. The Morgan fingerprint density at radius 1 is 1.00 bits per heavy atom. The molecule has 2 N–H and O–H groups in total. The molecule has 3 saturated carbocycles. The molecule has 188 valence electrons. The smallest absolute Gasteiger partial charge is 0.113 e. The van der Waals surface area contributed by atoms with Gasteiger partial charge in [0, 0.05) is 0 Å². The second-order valence-electron chi connectivity index (χ2n) is 14.7. The topological polar surface area (TPSA) is 53.0 Å². The Morgan fingerprint density at radius 3 is 2.30 bits per heavy atom. The highest BCUT2D eigenvalue weighted by Gasteiger charge is 2.65. The van der Waals surface area contributed by atoms with Gasteiger partial charge in [-0.15, -0.1) is 0 Å². The molecule has 1 heterocycles. The minimum atomic E-state index is -0.341. The van der Waals surface area contributed by atoms with Crippen LogP contribution in [0.2, 0.25) is 0 Å². The van der Waals surface area contributed by atoms with E-state index >= 15 is 0 Å². The summed E-state index contributed by atoms with van der Waals surface area (Å²) >= 11 is 0. The zero-order valence-corrected chi connectivity index (χ0v) is 22.6. The van der Waals surface area contributed by atoms with Gasteiger partial charge in [-0.2, -0.15) is 0 Å². The molecular weight excluding hydrogens is 408 g/mol. The summed E-state index contributed by atoms with van der Waals surface area (Å²) in [4.78, 5) is 0. The van der Waals surface area contributed by atoms with Gasteiger partial charge in [-0.25, -0.2) is 0 Å². The van der Waals surface area contributed by atoms with Gasteiger partial charge in [0.15, 0.2) is 0 Å². The van der Waals surface area contributed by atoms with Crippen molar-refractivity contribution in [3.63, 3.8) is 0 Å². The fourth-order valence-corrected chi connectivity index (χ4v) is 10.2. The summed E-state index contributed by atoms with van der Waals surface area (Å²) in [6.45, 7) is 19.0. The lowest BCUT2D eigenvalue weighted by Gasteiger charge is -2.64. The number of aliphatic hydroxyl groups excluding tert-OH is 2. The van der Waals surface area contributed by atoms with Crippen molar-refractivity contribution in [1.82, 2.24) is 0 Å². The molecule has 0 bridgehead atoms. The number of ether oxygens (including phenoxy) is 1. The SMILES string of the molecule is CC(CC(O)C1OC1(C)C)C1CC[C@]2(C)C3=CCC4C(C)(C)C(O)CC[C@]4(C)C3CC[C@@]12C. The van der Waals surface area contributed by atoms with Gasteiger partial charge in [-0.05, 0) is 111 Å². The average Bonchev–Trinajstić information content (AvgIpc) is 3.26. The molecule has 1 saturated heterocycles. The van der Waals surface area contributed by atoms with E-state index in [1.165, 1.54) is 32.1 Å². The van der Waals surface area contributed by atoms with Crippen LogP contribution < -0.4 is 0 Å². The van der Waals surface area contributed by atoms with Gasteiger partial charge >= 0.3 is 0 Å². The highest BCUT2D eigenvalue weighted by Crippen LogP contribution is 2.73. The highest BCUT2D eigenvalue weighted by molar-refractivity contribution is 5.33. The number of rotatable bonds is 4. The van der Waals surface area contributed by atoms with E-state index in [0.29, 0.717) is 34.5 Å². The molecular formula is C30H50O3. The monoisotopic (exact) mass is 458 g/mol. The van der Waals surface area contributed by atoms with Crippen LogP contribution in [0.4, 0.5) is 0 Å². The number of epoxide rings is 1. The lowest BCUT2D eigenvalue weighted by Crippen LogP contribution is -2.58. The molecule has 5 rings (SSSR count). The fraction of sp³-hybridized carbons (Fsp3) is 0.933. The van der Waals surface area contributed by atoms with E-state index in [0.717, 1.165) is 19.3 Å². The first-order valence-corrected chi connectivity index (χ1v) is 13.9. The average molecular weight is 459 g/mol. The van der Waals surface area contributed by atoms with Crippen LogP contribution in [0, 0.1) is 45.3 Å². The third kappa shape index (κ3) is 3.23. The van der Waals surface area contributed by atoms with Crippen LogP contribution in [-0.2, 0) is 4.74 Å². The number of aliphatic hydroxyl groups is 2. The predicted octanol–water partition coefficient (Wildman–Crippen LogP) is 6.52. The zero-order valence-electron chi connectivity index (χ0n) is 22.6. The molecule has 4 fully saturated rings. The molecule has 0 aromatic heterocycles. The Balaban J connectivity index is 1.40. The van der Waals surface area contributed by atoms with E-state index in [1.54, 1.807) is 5.57 Å². The molecule has 0 amide bonds. The number of hydrogen-bond acceptors (Lipinski definition) is 3. The number of hydrogen-bond donors (Lipinski definition) is 2. The van der Waals surface area contributed by atoms with Crippen LogP contribution in [0.25, 0.3) is 0 Å². The third-order valence-corrected chi connectivity index (χ3v) is 12.6. The van der Waals surface area contributed by atoms with Gasteiger partial charge in [0.1, 0.15) is 6.10 Å². The van der Waals surface area contributed by atoms with Crippen molar-refractivity contribution < 1.29 is 14.9 Å². The standard InChI is InChI=1S/C30H50O3/c1-18(17-22(31)25-27(4,5)33-25)19-11-15-30(8)21-9-10-23-26(2,3)24(32)13-14-28(23,6)20(21)12-16-29(19,30)7/h9,18-20,22-25,31-32H,10-17H2,1-8H3/t18?,19?,20?,22?,23?,24?,25?,28-,29+,30-/m1/s1. The molecule has 4 aliphatic carbocycles. The van der Waals surface area contributed by atoms with Crippen LogP contribution in [0.1, 0.15) is 107 Å². The van der Waals surface area contributed by atoms with Crippen molar-refractivity contribution in [2.75, 3.05) is 0 Å². The fourth-order valence-electron chi connectivity index (χ4n) is 10.2. The summed E-state index contributed by atoms with van der Waals surface area (Å²) in [6, 6.07) is 0. The van der Waals surface area contributed by atoms with Gasteiger partial charge in [0.2, 0.25) is 0 Å². The van der Waals surface area contributed by atoms with Crippen molar-refractivity contribution in [2.45, 2.75) is 131 Å². The predicted molar refractivity (Wildman–Crippen MR) is 134 cm³/mol. The summed E-state index contributed by atoms with van der Waals surface area (Å²) in [5.74, 6) is 2.42. The molecule has 1 aliphatic heterocycles. The van der Waals surface area contributed by atoms with Gasteiger partial charge in [-0.3, -0.25) is 0 Å². The van der Waals surface area contributed by atoms with Gasteiger partial charge in [0.05, 0.1) is 17.8 Å². The Bertz CT molecular complexity index is 828. The lowest BCUT2D eigenvalue weighted by atomic mass is 9.41. The van der Waals surface area contributed by atoms with E-state index in [2.05, 4.69) is 61.5 Å². The molecule has 10 atom stereocenters. The van der Waals surface area contributed by atoms with Gasteiger partial charge in [0.25, 0.3) is 0 Å². The Morgan fingerprint density at radius 2 is 1.67 bits per heavy atom. The minimum Gasteiger partial charge on any atom is -0.393 e. The molecule has 7 unspecified atom stereocenters. The van der Waals surface area contributed by atoms with E-state index in [-0.39, 0.29) is 34.7 Å². The van der Waals surface area contributed by atoms with Crippen molar-refractivity contribution in [2.24, 2.45) is 45.3 Å². The van der Waals surface area contributed by atoms with E-state index < -0.39 is 0 Å². The van der Waals surface area contributed by atoms with Crippen LogP contribution in [0.3, 0.4) is 0 Å².